The fraction of sp³-hybridized carbons (Fsp3) is 0.833. The molecule has 5 nitrogen and oxygen atoms in total. The molecule has 2 aliphatic carbocycles. The third-order valence-electron chi connectivity index (χ3n) is 5.26. The van der Waals surface area contributed by atoms with Crippen LogP contribution in [-0.2, 0) is 10.5 Å². The van der Waals surface area contributed by atoms with E-state index >= 15 is 0 Å². The topological polar surface area (TPSA) is 59.2 Å². The number of nitrogens with zero attached hydrogens (tertiary/aromatic N) is 3. The molecular weight excluding hydrogens is 354 g/mol. The Hall–Kier alpha value is -0.690. The van der Waals surface area contributed by atoms with Gasteiger partial charge in [0, 0.05) is 12.1 Å². The van der Waals surface area contributed by atoms with Crippen LogP contribution in [0.15, 0.2) is 9.64 Å². The summed E-state index contributed by atoms with van der Waals surface area (Å²) in [4.78, 5) is 15.3. The first-order chi connectivity index (χ1) is 12.3. The van der Waals surface area contributed by atoms with Crippen molar-refractivity contribution in [1.82, 2.24) is 15.1 Å². The zero-order valence-electron chi connectivity index (χ0n) is 15.1. The van der Waals surface area contributed by atoms with E-state index in [9.17, 15) is 4.79 Å². The Bertz CT molecular complexity index is 522. The molecule has 2 saturated carbocycles. The van der Waals surface area contributed by atoms with Gasteiger partial charge < -0.3 is 9.32 Å². The van der Waals surface area contributed by atoms with Crippen molar-refractivity contribution in [1.29, 1.82) is 0 Å². The molecule has 0 N–H and O–H groups in total. The van der Waals surface area contributed by atoms with E-state index in [4.69, 9.17) is 4.42 Å². The quantitative estimate of drug-likeness (QED) is 0.645. The van der Waals surface area contributed by atoms with E-state index in [1.165, 1.54) is 76.0 Å². The molecule has 1 amide bonds. The standard InChI is InChI=1S/C18H29N3O2S2/c1-24-12-16-19-20-18(23-16)25-13-17(22)21(14-8-4-2-5-9-14)15-10-6-3-7-11-15/h14-15H,2-13H2,1H3. The van der Waals surface area contributed by atoms with Crippen LogP contribution >= 0.6 is 23.5 Å². The molecule has 2 aliphatic rings. The number of carbonyl (C=O) groups excluding carboxylic acids is 1. The molecule has 0 spiro atoms. The average Bonchev–Trinajstić information content (AvgIpc) is 3.10. The molecule has 0 bridgehead atoms. The van der Waals surface area contributed by atoms with Gasteiger partial charge in [0.2, 0.25) is 11.8 Å². The fourth-order valence-corrected chi connectivity index (χ4v) is 5.11. The number of rotatable bonds is 7. The summed E-state index contributed by atoms with van der Waals surface area (Å²) in [6, 6.07) is 0.888. The Morgan fingerprint density at radius 2 is 1.64 bits per heavy atom. The number of hydrogen-bond donors (Lipinski definition) is 0. The maximum Gasteiger partial charge on any atom is 0.277 e. The van der Waals surface area contributed by atoms with Crippen LogP contribution in [0, 0.1) is 0 Å². The van der Waals surface area contributed by atoms with Crippen LogP contribution in [0.25, 0.3) is 0 Å². The first kappa shape index (κ1) is 19.1. The van der Waals surface area contributed by atoms with Crippen molar-refractivity contribution in [2.75, 3.05) is 12.0 Å². The van der Waals surface area contributed by atoms with Crippen molar-refractivity contribution in [2.45, 2.75) is 87.3 Å². The molecule has 2 fully saturated rings. The summed E-state index contributed by atoms with van der Waals surface area (Å²) in [5.74, 6) is 2.03. The van der Waals surface area contributed by atoms with Crippen LogP contribution in [0.3, 0.4) is 0 Å². The Kier molecular flexibility index (Phi) is 7.52. The van der Waals surface area contributed by atoms with Crippen LogP contribution in [-0.4, -0.2) is 45.1 Å². The van der Waals surface area contributed by atoms with Gasteiger partial charge in [-0.15, -0.1) is 10.2 Å². The SMILES string of the molecule is CSCc1nnc(SCC(=O)N(C2CCCCC2)C2CCCCC2)o1. The van der Waals surface area contributed by atoms with Crippen LogP contribution in [0.2, 0.25) is 0 Å². The largest absolute Gasteiger partial charge is 0.415 e. The highest BCUT2D eigenvalue weighted by molar-refractivity contribution is 7.99. The van der Waals surface area contributed by atoms with Gasteiger partial charge in [0.15, 0.2) is 0 Å². The molecule has 0 saturated heterocycles. The van der Waals surface area contributed by atoms with Crippen molar-refractivity contribution < 1.29 is 9.21 Å². The normalized spacial score (nSPS) is 19.9. The van der Waals surface area contributed by atoms with E-state index in [1.807, 2.05) is 6.26 Å². The minimum Gasteiger partial charge on any atom is -0.415 e. The number of carbonyl (C=O) groups is 1. The summed E-state index contributed by atoms with van der Waals surface area (Å²) in [5.41, 5.74) is 0. The van der Waals surface area contributed by atoms with Gasteiger partial charge in [0.05, 0.1) is 11.5 Å². The molecule has 7 heteroatoms. The zero-order chi connectivity index (χ0) is 17.5. The van der Waals surface area contributed by atoms with Crippen LogP contribution in [0.5, 0.6) is 0 Å². The first-order valence-corrected chi connectivity index (χ1v) is 11.9. The molecule has 1 heterocycles. The smallest absolute Gasteiger partial charge is 0.277 e. The number of thioether (sulfide) groups is 2. The molecule has 0 radical (unpaired) electrons. The second-order valence-electron chi connectivity index (χ2n) is 7.07. The van der Waals surface area contributed by atoms with E-state index in [-0.39, 0.29) is 5.91 Å². The molecule has 0 aromatic carbocycles. The Balaban J connectivity index is 1.60. The third kappa shape index (κ3) is 5.39. The molecule has 0 atom stereocenters. The third-order valence-corrected chi connectivity index (χ3v) is 6.60. The Labute approximate surface area is 159 Å². The number of hydrogen-bond acceptors (Lipinski definition) is 6. The summed E-state index contributed by atoms with van der Waals surface area (Å²) in [5, 5.41) is 8.60. The van der Waals surface area contributed by atoms with E-state index in [0.717, 1.165) is 5.75 Å². The highest BCUT2D eigenvalue weighted by Gasteiger charge is 2.32. The lowest BCUT2D eigenvalue weighted by Crippen LogP contribution is -2.49. The molecule has 3 rings (SSSR count). The lowest BCUT2D eigenvalue weighted by atomic mass is 9.88. The van der Waals surface area contributed by atoms with Gasteiger partial charge >= 0.3 is 0 Å². The highest BCUT2D eigenvalue weighted by Crippen LogP contribution is 2.31. The summed E-state index contributed by atoms with van der Waals surface area (Å²) in [6.07, 6.45) is 14.4. The van der Waals surface area contributed by atoms with Crippen molar-refractivity contribution in [3.63, 3.8) is 0 Å². The van der Waals surface area contributed by atoms with Crippen molar-refractivity contribution >= 4 is 29.4 Å². The maximum atomic E-state index is 13.1. The highest BCUT2D eigenvalue weighted by atomic mass is 32.2. The second kappa shape index (κ2) is 9.86. The monoisotopic (exact) mass is 383 g/mol. The van der Waals surface area contributed by atoms with Gasteiger partial charge in [-0.25, -0.2) is 0 Å². The van der Waals surface area contributed by atoms with Crippen LogP contribution < -0.4 is 0 Å². The van der Waals surface area contributed by atoms with E-state index in [0.29, 0.717) is 29.0 Å². The molecule has 25 heavy (non-hydrogen) atoms. The second-order valence-corrected chi connectivity index (χ2v) is 8.86. The number of aromatic nitrogens is 2. The van der Waals surface area contributed by atoms with Gasteiger partial charge in [-0.3, -0.25) is 4.79 Å². The number of amides is 1. The van der Waals surface area contributed by atoms with Gasteiger partial charge in [0.25, 0.3) is 5.22 Å². The lowest BCUT2D eigenvalue weighted by molar-refractivity contribution is -0.135. The molecule has 0 aliphatic heterocycles. The van der Waals surface area contributed by atoms with E-state index in [2.05, 4.69) is 15.1 Å². The minimum absolute atomic E-state index is 0.258. The maximum absolute atomic E-state index is 13.1. The van der Waals surface area contributed by atoms with Crippen LogP contribution in [0.1, 0.15) is 70.1 Å². The lowest BCUT2D eigenvalue weighted by Gasteiger charge is -2.41. The van der Waals surface area contributed by atoms with Gasteiger partial charge in [-0.1, -0.05) is 50.3 Å². The zero-order valence-corrected chi connectivity index (χ0v) is 16.7. The van der Waals surface area contributed by atoms with Crippen molar-refractivity contribution in [2.24, 2.45) is 0 Å². The predicted octanol–water partition coefficient (Wildman–Crippen LogP) is 4.52. The van der Waals surface area contributed by atoms with E-state index < -0.39 is 0 Å². The van der Waals surface area contributed by atoms with Crippen molar-refractivity contribution in [3.05, 3.63) is 5.89 Å². The minimum atomic E-state index is 0.258. The van der Waals surface area contributed by atoms with E-state index in [1.54, 1.807) is 11.8 Å². The summed E-state index contributed by atoms with van der Waals surface area (Å²) in [6.45, 7) is 0. The first-order valence-electron chi connectivity index (χ1n) is 9.53. The fourth-order valence-electron chi connectivity index (χ4n) is 4.10. The Morgan fingerprint density at radius 3 is 2.20 bits per heavy atom. The van der Waals surface area contributed by atoms with Crippen molar-refractivity contribution in [3.8, 4) is 0 Å². The molecule has 1 aromatic rings. The van der Waals surface area contributed by atoms with Gasteiger partial charge in [-0.2, -0.15) is 11.8 Å². The summed E-state index contributed by atoms with van der Waals surface area (Å²) >= 11 is 3.05. The van der Waals surface area contributed by atoms with Crippen LogP contribution in [0.4, 0.5) is 0 Å². The van der Waals surface area contributed by atoms with Gasteiger partial charge in [-0.05, 0) is 31.9 Å². The van der Waals surface area contributed by atoms with Gasteiger partial charge in [0.1, 0.15) is 0 Å². The average molecular weight is 384 g/mol. The molecule has 0 unspecified atom stereocenters. The Morgan fingerprint density at radius 1 is 1.04 bits per heavy atom. The molecule has 140 valence electrons. The predicted molar refractivity (Wildman–Crippen MR) is 103 cm³/mol. The summed E-state index contributed by atoms with van der Waals surface area (Å²) < 4.78 is 5.59. The molecule has 1 aromatic heterocycles. The molecular formula is C18H29N3O2S2. The summed E-state index contributed by atoms with van der Waals surface area (Å²) in [7, 11) is 0.